The lowest BCUT2D eigenvalue weighted by atomic mass is 10.0. The van der Waals surface area contributed by atoms with Gasteiger partial charge < -0.3 is 10.8 Å². The largest absolute Gasteiger partial charge is 0.394 e. The average Bonchev–Trinajstić information content (AvgIpc) is 2.29. The fraction of sp³-hybridized carbons (Fsp3) is 0.462. The minimum atomic E-state index is -0.258. The van der Waals surface area contributed by atoms with Crippen LogP contribution in [0.25, 0.3) is 0 Å². The number of hydrogen-bond donors (Lipinski definition) is 3. The van der Waals surface area contributed by atoms with Gasteiger partial charge in [0.25, 0.3) is 0 Å². The Hall–Kier alpha value is -1.39. The molecule has 0 aromatic heterocycles. The molecule has 4 nitrogen and oxygen atoms in total. The zero-order valence-corrected chi connectivity index (χ0v) is 10.7. The third kappa shape index (κ3) is 3.54. The molecule has 0 amide bonds. The molecular formula is C13H21N3O. The average molecular weight is 235 g/mol. The van der Waals surface area contributed by atoms with E-state index in [-0.39, 0.29) is 18.0 Å². The lowest BCUT2D eigenvalue weighted by Crippen LogP contribution is -2.43. The molecule has 0 aliphatic rings. The number of benzene rings is 1. The second-order valence-electron chi connectivity index (χ2n) is 4.94. The molecule has 0 radical (unpaired) electrons. The number of nitrogens with two attached hydrogens (primary N) is 1. The van der Waals surface area contributed by atoms with E-state index in [1.165, 1.54) is 0 Å². The summed E-state index contributed by atoms with van der Waals surface area (Å²) in [5, 5.41) is 16.7. The van der Waals surface area contributed by atoms with Crippen LogP contribution < -0.4 is 5.73 Å². The molecule has 1 rings (SSSR count). The Morgan fingerprint density at radius 2 is 2.12 bits per heavy atom. The number of hydrogen-bond acceptors (Lipinski definition) is 3. The summed E-state index contributed by atoms with van der Waals surface area (Å²) in [4.78, 5) is 2.08. The SMILES string of the molecule is CN(Cc1cccc(C(=N)N)c1)C(C)(C)CO. The van der Waals surface area contributed by atoms with E-state index in [0.29, 0.717) is 6.54 Å². The van der Waals surface area contributed by atoms with Gasteiger partial charge in [0, 0.05) is 17.6 Å². The Morgan fingerprint density at radius 3 is 2.65 bits per heavy atom. The smallest absolute Gasteiger partial charge is 0.122 e. The highest BCUT2D eigenvalue weighted by Gasteiger charge is 2.22. The minimum absolute atomic E-state index is 0.0796. The van der Waals surface area contributed by atoms with Crippen LogP contribution in [0.5, 0.6) is 0 Å². The van der Waals surface area contributed by atoms with E-state index in [4.69, 9.17) is 11.1 Å². The van der Waals surface area contributed by atoms with Crippen molar-refractivity contribution in [3.8, 4) is 0 Å². The zero-order chi connectivity index (χ0) is 13.1. The van der Waals surface area contributed by atoms with Crippen LogP contribution in [0.15, 0.2) is 24.3 Å². The van der Waals surface area contributed by atoms with Crippen molar-refractivity contribution in [1.29, 1.82) is 5.41 Å². The number of nitrogens with zero attached hydrogens (tertiary/aromatic N) is 1. The quantitative estimate of drug-likeness (QED) is 0.530. The molecule has 0 bridgehead atoms. The third-order valence-electron chi connectivity index (χ3n) is 3.08. The zero-order valence-electron chi connectivity index (χ0n) is 10.7. The van der Waals surface area contributed by atoms with E-state index in [1.54, 1.807) is 0 Å². The summed E-state index contributed by atoms with van der Waals surface area (Å²) in [6.07, 6.45) is 0. The van der Waals surface area contributed by atoms with E-state index in [9.17, 15) is 5.11 Å². The van der Waals surface area contributed by atoms with Crippen LogP contribution in [0.1, 0.15) is 25.0 Å². The molecule has 1 aromatic carbocycles. The molecular weight excluding hydrogens is 214 g/mol. The van der Waals surface area contributed by atoms with Gasteiger partial charge in [0.05, 0.1) is 6.61 Å². The van der Waals surface area contributed by atoms with Gasteiger partial charge in [-0.05, 0) is 32.5 Å². The standard InChI is InChI=1S/C13H21N3O/c1-13(2,9-17)16(3)8-10-5-4-6-11(7-10)12(14)15/h4-7,17H,8-9H2,1-3H3,(H3,14,15). The molecule has 0 saturated heterocycles. The predicted molar refractivity (Wildman–Crippen MR) is 70.1 cm³/mol. The molecule has 17 heavy (non-hydrogen) atoms. The predicted octanol–water partition coefficient (Wildman–Crippen LogP) is 1.17. The van der Waals surface area contributed by atoms with Crippen molar-refractivity contribution >= 4 is 5.84 Å². The lowest BCUT2D eigenvalue weighted by Gasteiger charge is -2.33. The summed E-state index contributed by atoms with van der Waals surface area (Å²) in [5.74, 6) is 0.0796. The molecule has 0 atom stereocenters. The van der Waals surface area contributed by atoms with Crippen molar-refractivity contribution in [3.05, 3.63) is 35.4 Å². The van der Waals surface area contributed by atoms with E-state index >= 15 is 0 Å². The maximum absolute atomic E-state index is 9.29. The summed E-state index contributed by atoms with van der Waals surface area (Å²) in [7, 11) is 1.97. The van der Waals surface area contributed by atoms with Crippen LogP contribution in [-0.2, 0) is 6.54 Å². The van der Waals surface area contributed by atoms with Crippen LogP contribution in [-0.4, -0.2) is 35.0 Å². The normalized spacial score (nSPS) is 11.8. The second kappa shape index (κ2) is 5.29. The topological polar surface area (TPSA) is 73.3 Å². The summed E-state index contributed by atoms with van der Waals surface area (Å²) in [6, 6.07) is 7.62. The highest BCUT2D eigenvalue weighted by molar-refractivity contribution is 5.95. The van der Waals surface area contributed by atoms with Crippen molar-refractivity contribution in [2.45, 2.75) is 25.9 Å². The van der Waals surface area contributed by atoms with Gasteiger partial charge in [-0.3, -0.25) is 10.3 Å². The summed E-state index contributed by atoms with van der Waals surface area (Å²) in [6.45, 7) is 4.80. The summed E-state index contributed by atoms with van der Waals surface area (Å²) in [5.41, 5.74) is 7.02. The van der Waals surface area contributed by atoms with Crippen molar-refractivity contribution in [1.82, 2.24) is 4.90 Å². The van der Waals surface area contributed by atoms with Crippen molar-refractivity contribution in [3.63, 3.8) is 0 Å². The Labute approximate surface area is 103 Å². The molecule has 4 heteroatoms. The van der Waals surface area contributed by atoms with Gasteiger partial charge in [-0.1, -0.05) is 18.2 Å². The molecule has 0 unspecified atom stereocenters. The van der Waals surface area contributed by atoms with Crippen molar-refractivity contribution in [2.75, 3.05) is 13.7 Å². The van der Waals surface area contributed by atoms with Gasteiger partial charge >= 0.3 is 0 Å². The first-order chi connectivity index (χ1) is 7.86. The van der Waals surface area contributed by atoms with Crippen molar-refractivity contribution < 1.29 is 5.11 Å². The summed E-state index contributed by atoms with van der Waals surface area (Å²) >= 11 is 0. The molecule has 4 N–H and O–H groups in total. The molecule has 0 aliphatic heterocycles. The van der Waals surface area contributed by atoms with Gasteiger partial charge in [0.1, 0.15) is 5.84 Å². The van der Waals surface area contributed by atoms with Gasteiger partial charge in [-0.25, -0.2) is 0 Å². The number of aliphatic hydroxyl groups excluding tert-OH is 1. The first kappa shape index (κ1) is 13.7. The maximum atomic E-state index is 9.29. The Bertz CT molecular complexity index is 401. The number of aliphatic hydroxyl groups is 1. The molecule has 94 valence electrons. The Balaban J connectivity index is 2.82. The van der Waals surface area contributed by atoms with Crippen LogP contribution >= 0.6 is 0 Å². The molecule has 0 saturated carbocycles. The fourth-order valence-electron chi connectivity index (χ4n) is 1.45. The first-order valence-corrected chi connectivity index (χ1v) is 5.62. The lowest BCUT2D eigenvalue weighted by molar-refractivity contribution is 0.0734. The highest BCUT2D eigenvalue weighted by atomic mass is 16.3. The molecule has 1 aromatic rings. The maximum Gasteiger partial charge on any atom is 0.122 e. The highest BCUT2D eigenvalue weighted by Crippen LogP contribution is 2.15. The minimum Gasteiger partial charge on any atom is -0.394 e. The number of likely N-dealkylation sites (N-methyl/N-ethyl adjacent to an activating group) is 1. The molecule has 0 aliphatic carbocycles. The molecule has 0 heterocycles. The Morgan fingerprint density at radius 1 is 1.47 bits per heavy atom. The second-order valence-corrected chi connectivity index (χ2v) is 4.94. The molecule has 0 spiro atoms. The van der Waals surface area contributed by atoms with E-state index < -0.39 is 0 Å². The van der Waals surface area contributed by atoms with Crippen LogP contribution in [0.3, 0.4) is 0 Å². The van der Waals surface area contributed by atoms with E-state index in [0.717, 1.165) is 11.1 Å². The van der Waals surface area contributed by atoms with Crippen LogP contribution in [0.4, 0.5) is 0 Å². The Kier molecular flexibility index (Phi) is 4.26. The number of nitrogens with one attached hydrogen (secondary N) is 1. The third-order valence-corrected chi connectivity index (χ3v) is 3.08. The van der Waals surface area contributed by atoms with Gasteiger partial charge in [0.2, 0.25) is 0 Å². The van der Waals surface area contributed by atoms with Gasteiger partial charge in [-0.2, -0.15) is 0 Å². The fourth-order valence-corrected chi connectivity index (χ4v) is 1.45. The monoisotopic (exact) mass is 235 g/mol. The first-order valence-electron chi connectivity index (χ1n) is 5.62. The summed E-state index contributed by atoms with van der Waals surface area (Å²) < 4.78 is 0. The van der Waals surface area contributed by atoms with Gasteiger partial charge in [0.15, 0.2) is 0 Å². The van der Waals surface area contributed by atoms with Crippen LogP contribution in [0.2, 0.25) is 0 Å². The van der Waals surface area contributed by atoms with E-state index in [2.05, 4.69) is 4.90 Å². The number of nitrogen functional groups attached to an aromatic ring is 1. The number of rotatable bonds is 5. The number of amidine groups is 1. The van der Waals surface area contributed by atoms with Crippen molar-refractivity contribution in [2.24, 2.45) is 5.73 Å². The molecule has 0 fully saturated rings. The van der Waals surface area contributed by atoms with Gasteiger partial charge in [-0.15, -0.1) is 0 Å². The van der Waals surface area contributed by atoms with E-state index in [1.807, 2.05) is 45.2 Å². The van der Waals surface area contributed by atoms with Crippen LogP contribution in [0, 0.1) is 5.41 Å².